The summed E-state index contributed by atoms with van der Waals surface area (Å²) in [4.78, 5) is 0. The molecule has 0 heterocycles. The second-order valence-electron chi connectivity index (χ2n) is 0.470. The third-order valence-corrected chi connectivity index (χ3v) is 0. The molecule has 0 bridgehead atoms. The Morgan fingerprint density at radius 2 is 2.00 bits per heavy atom. The molecule has 0 aliphatic heterocycles. The first kappa shape index (κ1) is 5.02. The first-order valence-corrected chi connectivity index (χ1v) is 5.92. The average Bonchev–Trinajstić information content (AvgIpc) is 0.811. The molecule has 0 aromatic carbocycles. The Balaban J connectivity index is 2.80. The van der Waals surface area contributed by atoms with Gasteiger partial charge in [0.1, 0.15) is 0 Å². The van der Waals surface area contributed by atoms with Crippen LogP contribution in [0.5, 0.6) is 0 Å². The van der Waals surface area contributed by atoms with E-state index in [1.807, 2.05) is 22.0 Å². The molecule has 4 heavy (non-hydrogen) atoms. The van der Waals surface area contributed by atoms with Gasteiger partial charge in [-0.05, 0) is 22.0 Å². The largest absolute Gasteiger partial charge is 0.327 e. The van der Waals surface area contributed by atoms with Gasteiger partial charge in [-0.3, -0.25) is 0 Å². The van der Waals surface area contributed by atoms with Crippen molar-refractivity contribution in [3.63, 3.8) is 0 Å². The number of hydrogen-bond donors (Lipinski definition) is 0. The van der Waals surface area contributed by atoms with Crippen LogP contribution in [0.3, 0.4) is 0 Å². The van der Waals surface area contributed by atoms with Gasteiger partial charge in [0.25, 0.3) is 0 Å². The van der Waals surface area contributed by atoms with Gasteiger partial charge in [-0.25, -0.2) is 0 Å². The van der Waals surface area contributed by atoms with E-state index in [4.69, 9.17) is 0 Å². The quantitative estimate of drug-likeness (QED) is 0.306. The summed E-state index contributed by atoms with van der Waals surface area (Å²) in [6, 6.07) is 0. The van der Waals surface area contributed by atoms with Crippen LogP contribution in [0.1, 0.15) is 0 Å². The minimum Gasteiger partial charge on any atom is -0.327 e. The fraction of sp³-hybridized carbons (Fsp3) is 0. The van der Waals surface area contributed by atoms with E-state index in [2.05, 4.69) is 0 Å². The standard InChI is InChI=1S/BH3IOP/c1-4(2)3/h4H,1H2. The van der Waals surface area contributed by atoms with Gasteiger partial charge in [-0.1, -0.05) is 0 Å². The van der Waals surface area contributed by atoms with Gasteiger partial charge in [-0.15, -0.1) is 0 Å². The maximum atomic E-state index is 9.62. The molecule has 1 unspecified atom stereocenters. The topological polar surface area (TPSA) is 17.1 Å². The molecule has 0 aliphatic rings. The molecule has 24 valence electrons. The molecular formula is H3BIOP. The molecule has 0 aromatic heterocycles. The average molecular weight is 188 g/mol. The van der Waals surface area contributed by atoms with Crippen molar-refractivity contribution >= 4 is 34.9 Å². The predicted molar refractivity (Wildman–Crippen MR) is 31.6 cm³/mol. The lowest BCUT2D eigenvalue weighted by atomic mass is 10.8. The van der Waals surface area contributed by atoms with Gasteiger partial charge in [0.15, 0.2) is 7.57 Å². The maximum absolute atomic E-state index is 9.62. The summed E-state index contributed by atoms with van der Waals surface area (Å²) in [6.07, 6.45) is 0. The fourth-order valence-corrected chi connectivity index (χ4v) is 0. The SMILES string of the molecule is B[PH](=O)I. The van der Waals surface area contributed by atoms with E-state index in [-0.39, 0.29) is 0 Å². The maximum Gasteiger partial charge on any atom is 0.191 e. The Kier molecular flexibility index (Phi) is 2.86. The normalized spacial score (nSPS) is 15.2. The molecule has 0 spiro atoms. The highest BCUT2D eigenvalue weighted by Gasteiger charge is 1.64. The molecule has 0 radical (unpaired) electrons. The van der Waals surface area contributed by atoms with E-state index in [1.54, 1.807) is 7.57 Å². The number of rotatable bonds is 0. The summed E-state index contributed by atoms with van der Waals surface area (Å²) < 4.78 is 9.62. The third kappa shape index (κ3) is 11.8. The predicted octanol–water partition coefficient (Wildman–Crippen LogP) is 0.444. The Morgan fingerprint density at radius 1 is 2.00 bits per heavy atom. The third-order valence-electron chi connectivity index (χ3n) is 0. The van der Waals surface area contributed by atoms with Crippen LogP contribution in [0.25, 0.3) is 0 Å². The van der Waals surface area contributed by atoms with Crippen molar-refractivity contribution in [2.75, 3.05) is 0 Å². The molecule has 0 fully saturated rings. The van der Waals surface area contributed by atoms with Gasteiger partial charge < -0.3 is 4.57 Å². The molecule has 1 nitrogen and oxygen atoms in total. The Labute approximate surface area is 39.8 Å². The zero-order valence-corrected chi connectivity index (χ0v) is 5.44. The molecule has 0 amide bonds. The monoisotopic (exact) mass is 188 g/mol. The molecule has 0 rings (SSSR count). The van der Waals surface area contributed by atoms with Crippen molar-refractivity contribution in [2.45, 2.75) is 0 Å². The number of hydrogen-bond acceptors (Lipinski definition) is 1. The highest BCUT2D eigenvalue weighted by Crippen LogP contribution is 2.21. The van der Waals surface area contributed by atoms with E-state index < -0.39 is 5.32 Å². The zero-order chi connectivity index (χ0) is 3.58. The molecule has 0 aromatic rings. The van der Waals surface area contributed by atoms with Gasteiger partial charge >= 0.3 is 0 Å². The lowest BCUT2D eigenvalue weighted by Gasteiger charge is -1.55. The van der Waals surface area contributed by atoms with Crippen LogP contribution < -0.4 is 0 Å². The van der Waals surface area contributed by atoms with E-state index >= 15 is 0 Å². The van der Waals surface area contributed by atoms with E-state index in [9.17, 15) is 4.57 Å². The van der Waals surface area contributed by atoms with Crippen LogP contribution in [0, 0.1) is 0 Å². The van der Waals surface area contributed by atoms with Crippen molar-refractivity contribution in [2.24, 2.45) is 0 Å². The molecule has 0 N–H and O–H groups in total. The van der Waals surface area contributed by atoms with Gasteiger partial charge in [0, 0.05) is 0 Å². The summed E-state index contributed by atoms with van der Waals surface area (Å²) >= 11 is 1.89. The molecule has 1 atom stereocenters. The van der Waals surface area contributed by atoms with Crippen LogP contribution in [-0.2, 0) is 4.57 Å². The highest BCUT2D eigenvalue weighted by molar-refractivity contribution is 14.2. The smallest absolute Gasteiger partial charge is 0.191 e. The first-order valence-electron chi connectivity index (χ1n) is 0.893. The van der Waals surface area contributed by atoms with E-state index in [0.717, 1.165) is 0 Å². The summed E-state index contributed by atoms with van der Waals surface area (Å²) in [7, 11) is 1.70. The summed E-state index contributed by atoms with van der Waals surface area (Å²) in [6.45, 7) is 0. The van der Waals surface area contributed by atoms with Crippen LogP contribution in [0.2, 0.25) is 0 Å². The minimum atomic E-state index is -1.16. The van der Waals surface area contributed by atoms with Crippen LogP contribution in [0.4, 0.5) is 0 Å². The zero-order valence-electron chi connectivity index (χ0n) is 2.29. The van der Waals surface area contributed by atoms with Crippen molar-refractivity contribution in [3.8, 4) is 0 Å². The Morgan fingerprint density at radius 3 is 2.00 bits per heavy atom. The molecule has 4 heteroatoms. The molecular weight excluding hydrogens is 185 g/mol. The Hall–Kier alpha value is 1.02. The Bertz CT molecular complexity index is 31.0. The summed E-state index contributed by atoms with van der Waals surface area (Å²) in [5.41, 5.74) is 0. The fourth-order valence-electron chi connectivity index (χ4n) is 0. The van der Waals surface area contributed by atoms with Crippen molar-refractivity contribution in [1.82, 2.24) is 0 Å². The summed E-state index contributed by atoms with van der Waals surface area (Å²) in [5, 5.41) is -1.16. The van der Waals surface area contributed by atoms with Gasteiger partial charge in [0.2, 0.25) is 0 Å². The molecule has 0 aliphatic carbocycles. The van der Waals surface area contributed by atoms with Gasteiger partial charge in [-0.2, -0.15) is 0 Å². The van der Waals surface area contributed by atoms with E-state index in [1.165, 1.54) is 0 Å². The van der Waals surface area contributed by atoms with Crippen LogP contribution in [-0.4, -0.2) is 7.57 Å². The van der Waals surface area contributed by atoms with Gasteiger partial charge in [0.05, 0.1) is 5.32 Å². The second kappa shape index (κ2) is 2.27. The van der Waals surface area contributed by atoms with Crippen molar-refractivity contribution in [3.05, 3.63) is 0 Å². The second-order valence-corrected chi connectivity index (χ2v) is 5.97. The first-order chi connectivity index (χ1) is 1.73. The molecule has 0 saturated carbocycles. The summed E-state index contributed by atoms with van der Waals surface area (Å²) in [5.74, 6) is 0. The van der Waals surface area contributed by atoms with E-state index in [0.29, 0.717) is 0 Å². The molecule has 0 saturated heterocycles. The van der Waals surface area contributed by atoms with Crippen LogP contribution in [0.15, 0.2) is 0 Å². The highest BCUT2D eigenvalue weighted by atomic mass is 127. The lowest BCUT2D eigenvalue weighted by Crippen LogP contribution is -1.23. The number of halogens is 1. The van der Waals surface area contributed by atoms with Crippen molar-refractivity contribution in [1.29, 1.82) is 0 Å². The van der Waals surface area contributed by atoms with Crippen LogP contribution >= 0.6 is 27.4 Å². The van der Waals surface area contributed by atoms with Crippen molar-refractivity contribution < 1.29 is 4.57 Å². The lowest BCUT2D eigenvalue weighted by molar-refractivity contribution is 0.604. The minimum absolute atomic E-state index is 1.16.